The average Bonchev–Trinajstić information content (AvgIpc) is 2.65. The summed E-state index contributed by atoms with van der Waals surface area (Å²) < 4.78 is 5.76. The second-order valence-electron chi connectivity index (χ2n) is 6.16. The first-order valence-corrected chi connectivity index (χ1v) is 11.1. The van der Waals surface area contributed by atoms with Crippen LogP contribution < -0.4 is 5.32 Å². The number of nitrogens with one attached hydrogen (secondary N) is 1. The Hall–Kier alpha value is -1.25. The molecule has 0 bridgehead atoms. The van der Waals surface area contributed by atoms with Gasteiger partial charge in [0.05, 0.1) is 5.75 Å². The summed E-state index contributed by atoms with van der Waals surface area (Å²) in [5.74, 6) is 0.0733. The molecule has 0 aliphatic carbocycles. The Morgan fingerprint density at radius 3 is 2.77 bits per heavy atom. The second-order valence-corrected chi connectivity index (χ2v) is 8.65. The molecule has 1 fully saturated rings. The molecule has 1 aliphatic heterocycles. The van der Waals surface area contributed by atoms with Gasteiger partial charge in [-0.15, -0.1) is 11.8 Å². The average molecular weight is 413 g/mol. The number of hydrogen-bond acceptors (Lipinski definition) is 6. The van der Waals surface area contributed by atoms with Gasteiger partial charge in [-0.3, -0.25) is 9.59 Å². The molecular weight excluding hydrogens is 388 g/mol. The third kappa shape index (κ3) is 7.17. The standard InChI is InChI=1S/C18H24N2O3S3/c1-13-6-8-20(9-7-13)18(24)26-12-17(22)23-11-16(21)19-14-4-3-5-15(10-14)25-2/h3-5,10,13H,6-9,11-12H2,1-2H3,(H,19,21). The second kappa shape index (κ2) is 10.8. The molecule has 5 nitrogen and oxygen atoms in total. The zero-order chi connectivity index (χ0) is 18.9. The molecule has 26 heavy (non-hydrogen) atoms. The predicted octanol–water partition coefficient (Wildman–Crippen LogP) is 3.64. The van der Waals surface area contributed by atoms with E-state index in [2.05, 4.69) is 17.1 Å². The number of esters is 1. The monoisotopic (exact) mass is 412 g/mol. The van der Waals surface area contributed by atoms with Crippen molar-refractivity contribution in [1.29, 1.82) is 0 Å². The van der Waals surface area contributed by atoms with Crippen LogP contribution in [0.4, 0.5) is 5.69 Å². The van der Waals surface area contributed by atoms with Crippen molar-refractivity contribution in [2.45, 2.75) is 24.7 Å². The number of nitrogens with zero attached hydrogens (tertiary/aromatic N) is 1. The molecule has 0 saturated carbocycles. The van der Waals surface area contributed by atoms with E-state index in [1.165, 1.54) is 11.8 Å². The Bertz CT molecular complexity index is 646. The number of thiocarbonyl (C=S) groups is 1. The quantitative estimate of drug-likeness (QED) is 0.435. The lowest BCUT2D eigenvalue weighted by atomic mass is 10.00. The molecule has 2 rings (SSSR count). The minimum absolute atomic E-state index is 0.125. The molecule has 0 spiro atoms. The Kier molecular flexibility index (Phi) is 8.74. The van der Waals surface area contributed by atoms with E-state index in [1.54, 1.807) is 17.8 Å². The van der Waals surface area contributed by atoms with Crippen LogP contribution in [0, 0.1) is 5.92 Å². The number of carbonyl (C=O) groups is 2. The summed E-state index contributed by atoms with van der Waals surface area (Å²) in [5, 5.41) is 2.72. The van der Waals surface area contributed by atoms with E-state index in [1.807, 2.05) is 24.5 Å². The highest BCUT2D eigenvalue weighted by atomic mass is 32.2. The van der Waals surface area contributed by atoms with Gasteiger partial charge in [0.25, 0.3) is 5.91 Å². The largest absolute Gasteiger partial charge is 0.455 e. The van der Waals surface area contributed by atoms with Gasteiger partial charge in [0, 0.05) is 23.7 Å². The van der Waals surface area contributed by atoms with Crippen LogP contribution in [-0.4, -0.2) is 52.8 Å². The first kappa shape index (κ1) is 21.1. The number of anilines is 1. The maximum atomic E-state index is 11.9. The number of ether oxygens (including phenoxy) is 1. The Morgan fingerprint density at radius 2 is 2.08 bits per heavy atom. The smallest absolute Gasteiger partial charge is 0.316 e. The number of thioether (sulfide) groups is 2. The van der Waals surface area contributed by atoms with E-state index in [9.17, 15) is 9.59 Å². The van der Waals surface area contributed by atoms with Crippen LogP contribution in [0.5, 0.6) is 0 Å². The fraction of sp³-hybridized carbons (Fsp3) is 0.500. The van der Waals surface area contributed by atoms with E-state index < -0.39 is 5.97 Å². The predicted molar refractivity (Wildman–Crippen MR) is 113 cm³/mol. The lowest BCUT2D eigenvalue weighted by Crippen LogP contribution is -2.35. The molecule has 1 aromatic carbocycles. The number of piperidine rings is 1. The Balaban J connectivity index is 1.66. The number of rotatable bonds is 6. The highest BCUT2D eigenvalue weighted by Crippen LogP contribution is 2.20. The molecule has 0 atom stereocenters. The molecule has 1 amide bonds. The number of amides is 1. The van der Waals surface area contributed by atoms with Crippen LogP contribution in [0.1, 0.15) is 19.8 Å². The van der Waals surface area contributed by atoms with E-state index >= 15 is 0 Å². The van der Waals surface area contributed by atoms with Gasteiger partial charge in [0.1, 0.15) is 4.32 Å². The van der Waals surface area contributed by atoms with Gasteiger partial charge in [-0.1, -0.05) is 37.0 Å². The SMILES string of the molecule is CSc1cccc(NC(=O)COC(=O)CSC(=S)N2CCC(C)CC2)c1. The van der Waals surface area contributed by atoms with Crippen molar-refractivity contribution >= 4 is 57.6 Å². The third-order valence-corrected chi connectivity index (χ3v) is 6.30. The van der Waals surface area contributed by atoms with Crippen LogP contribution in [0.2, 0.25) is 0 Å². The van der Waals surface area contributed by atoms with Crippen molar-refractivity contribution in [3.63, 3.8) is 0 Å². The summed E-state index contributed by atoms with van der Waals surface area (Å²) in [4.78, 5) is 26.9. The van der Waals surface area contributed by atoms with Crippen LogP contribution in [-0.2, 0) is 14.3 Å². The van der Waals surface area contributed by atoms with E-state index in [0.717, 1.165) is 41.1 Å². The number of carbonyl (C=O) groups excluding carboxylic acids is 2. The summed E-state index contributed by atoms with van der Waals surface area (Å²) in [6.07, 6.45) is 4.22. The van der Waals surface area contributed by atoms with Crippen molar-refractivity contribution in [3.05, 3.63) is 24.3 Å². The Morgan fingerprint density at radius 1 is 1.35 bits per heavy atom. The van der Waals surface area contributed by atoms with Gasteiger partial charge in [0.2, 0.25) is 0 Å². The number of likely N-dealkylation sites (tertiary alicyclic amines) is 1. The first-order valence-electron chi connectivity index (χ1n) is 8.49. The molecule has 1 N–H and O–H groups in total. The molecular formula is C18H24N2O3S3. The molecule has 0 unspecified atom stereocenters. The lowest BCUT2D eigenvalue weighted by Gasteiger charge is -2.31. The van der Waals surface area contributed by atoms with Crippen molar-refractivity contribution in [2.24, 2.45) is 5.92 Å². The zero-order valence-corrected chi connectivity index (χ0v) is 17.5. The molecule has 1 aromatic rings. The van der Waals surface area contributed by atoms with Crippen LogP contribution >= 0.6 is 35.7 Å². The van der Waals surface area contributed by atoms with Gasteiger partial charge in [0.15, 0.2) is 6.61 Å². The first-order chi connectivity index (χ1) is 12.5. The molecule has 8 heteroatoms. The van der Waals surface area contributed by atoms with Crippen molar-refractivity contribution < 1.29 is 14.3 Å². The van der Waals surface area contributed by atoms with Gasteiger partial charge in [-0.2, -0.15) is 0 Å². The molecule has 1 saturated heterocycles. The van der Waals surface area contributed by atoms with Gasteiger partial charge < -0.3 is 15.0 Å². The van der Waals surface area contributed by atoms with Gasteiger partial charge in [-0.05, 0) is 43.2 Å². The topological polar surface area (TPSA) is 58.6 Å². The summed E-state index contributed by atoms with van der Waals surface area (Å²) in [7, 11) is 0. The highest BCUT2D eigenvalue weighted by Gasteiger charge is 2.19. The third-order valence-electron chi connectivity index (χ3n) is 4.07. The van der Waals surface area contributed by atoms with Gasteiger partial charge in [-0.25, -0.2) is 0 Å². The normalized spacial score (nSPS) is 14.8. The highest BCUT2D eigenvalue weighted by molar-refractivity contribution is 8.23. The number of hydrogen-bond donors (Lipinski definition) is 1. The van der Waals surface area contributed by atoms with Crippen molar-refractivity contribution in [1.82, 2.24) is 4.90 Å². The van der Waals surface area contributed by atoms with Crippen LogP contribution in [0.3, 0.4) is 0 Å². The van der Waals surface area contributed by atoms with Crippen LogP contribution in [0.15, 0.2) is 29.2 Å². The lowest BCUT2D eigenvalue weighted by molar-refractivity contribution is -0.144. The zero-order valence-electron chi connectivity index (χ0n) is 15.0. The number of benzene rings is 1. The molecule has 0 aromatic heterocycles. The molecule has 1 aliphatic rings. The summed E-state index contributed by atoms with van der Waals surface area (Å²) in [6.45, 7) is 3.84. The maximum Gasteiger partial charge on any atom is 0.316 e. The minimum atomic E-state index is -0.434. The minimum Gasteiger partial charge on any atom is -0.455 e. The maximum absolute atomic E-state index is 11.9. The molecule has 1 heterocycles. The van der Waals surface area contributed by atoms with Gasteiger partial charge >= 0.3 is 5.97 Å². The summed E-state index contributed by atoms with van der Waals surface area (Å²) >= 11 is 8.27. The summed E-state index contributed by atoms with van der Waals surface area (Å²) in [5.41, 5.74) is 0.688. The fourth-order valence-electron chi connectivity index (χ4n) is 2.49. The molecule has 142 valence electrons. The van der Waals surface area contributed by atoms with E-state index in [-0.39, 0.29) is 18.3 Å². The van der Waals surface area contributed by atoms with Crippen molar-refractivity contribution in [2.75, 3.05) is 37.0 Å². The fourth-order valence-corrected chi connectivity index (χ4v) is 4.00. The van der Waals surface area contributed by atoms with E-state index in [0.29, 0.717) is 5.69 Å². The Labute approximate surface area is 168 Å². The van der Waals surface area contributed by atoms with Crippen molar-refractivity contribution in [3.8, 4) is 0 Å². The van der Waals surface area contributed by atoms with Crippen LogP contribution in [0.25, 0.3) is 0 Å². The molecule has 0 radical (unpaired) electrons. The summed E-state index contributed by atoms with van der Waals surface area (Å²) in [6, 6.07) is 7.50. The van der Waals surface area contributed by atoms with E-state index in [4.69, 9.17) is 17.0 Å².